The lowest BCUT2D eigenvalue weighted by Gasteiger charge is -2.32. The first-order chi connectivity index (χ1) is 10.2. The first-order valence-corrected chi connectivity index (χ1v) is 7.03. The van der Waals surface area contributed by atoms with E-state index in [1.807, 2.05) is 19.1 Å². The van der Waals surface area contributed by atoms with Crippen molar-refractivity contribution in [2.45, 2.75) is 13.0 Å². The third-order valence-corrected chi connectivity index (χ3v) is 3.34. The maximum absolute atomic E-state index is 5.93. The van der Waals surface area contributed by atoms with Gasteiger partial charge in [0.05, 0.1) is 13.2 Å². The number of hydrogen-bond donors (Lipinski definition) is 1. The van der Waals surface area contributed by atoms with E-state index in [2.05, 4.69) is 4.90 Å². The molecule has 0 radical (unpaired) electrons. The Hall–Kier alpha value is -1.79. The van der Waals surface area contributed by atoms with Gasteiger partial charge in [-0.3, -0.25) is 0 Å². The zero-order chi connectivity index (χ0) is 15.2. The van der Waals surface area contributed by atoms with Crippen LogP contribution < -0.4 is 10.5 Å². The Morgan fingerprint density at radius 2 is 1.90 bits per heavy atom. The highest BCUT2D eigenvalue weighted by Gasteiger charge is 2.25. The molecule has 1 aliphatic heterocycles. The van der Waals surface area contributed by atoms with Gasteiger partial charge in [0.2, 0.25) is 0 Å². The summed E-state index contributed by atoms with van der Waals surface area (Å²) in [6.07, 6.45) is -0.131. The van der Waals surface area contributed by atoms with Crippen LogP contribution in [0.15, 0.2) is 23.2 Å². The molecule has 1 aliphatic rings. The second-order valence-electron chi connectivity index (χ2n) is 4.93. The number of rotatable bonds is 6. The van der Waals surface area contributed by atoms with Gasteiger partial charge in [-0.25, -0.2) is 4.99 Å². The number of nitrogens with zero attached hydrogens (tertiary/aromatic N) is 2. The van der Waals surface area contributed by atoms with Crippen LogP contribution in [0.3, 0.4) is 0 Å². The van der Waals surface area contributed by atoms with Crippen molar-refractivity contribution in [3.05, 3.63) is 18.2 Å². The standard InChI is InChI=1S/C15H23N3O3/c1-11-15(18(6-8-19-2)7-9-20-3)17-13-5-4-12(16)10-14(13)21-11/h4-5,10-11H,6-9,16H2,1-3H3. The van der Waals surface area contributed by atoms with Crippen molar-refractivity contribution in [3.63, 3.8) is 0 Å². The lowest BCUT2D eigenvalue weighted by Crippen LogP contribution is -2.44. The lowest BCUT2D eigenvalue weighted by molar-refractivity contribution is 0.139. The number of ether oxygens (including phenoxy) is 3. The minimum Gasteiger partial charge on any atom is -0.480 e. The summed E-state index contributed by atoms with van der Waals surface area (Å²) >= 11 is 0. The molecule has 1 atom stereocenters. The van der Waals surface area contributed by atoms with Gasteiger partial charge in [0.1, 0.15) is 17.3 Å². The van der Waals surface area contributed by atoms with Crippen LogP contribution in [0.5, 0.6) is 5.75 Å². The third-order valence-electron chi connectivity index (χ3n) is 3.34. The van der Waals surface area contributed by atoms with Gasteiger partial charge in [-0.15, -0.1) is 0 Å². The number of nitrogens with two attached hydrogens (primary N) is 1. The van der Waals surface area contributed by atoms with Crippen LogP contribution in [-0.2, 0) is 9.47 Å². The number of fused-ring (bicyclic) bond motifs is 1. The molecule has 0 bridgehead atoms. The monoisotopic (exact) mass is 293 g/mol. The second-order valence-corrected chi connectivity index (χ2v) is 4.93. The Morgan fingerprint density at radius 1 is 1.24 bits per heavy atom. The van der Waals surface area contributed by atoms with Crippen LogP contribution >= 0.6 is 0 Å². The summed E-state index contributed by atoms with van der Waals surface area (Å²) in [5.74, 6) is 1.62. The minimum atomic E-state index is -0.131. The molecule has 21 heavy (non-hydrogen) atoms. The summed E-state index contributed by atoms with van der Waals surface area (Å²) in [6, 6.07) is 5.51. The van der Waals surface area contributed by atoms with Crippen molar-refractivity contribution in [2.75, 3.05) is 46.3 Å². The fourth-order valence-corrected chi connectivity index (χ4v) is 2.25. The minimum absolute atomic E-state index is 0.131. The molecule has 0 saturated carbocycles. The molecule has 0 amide bonds. The molecule has 0 aliphatic carbocycles. The van der Waals surface area contributed by atoms with Crippen LogP contribution in [0, 0.1) is 0 Å². The molecular weight excluding hydrogens is 270 g/mol. The number of methoxy groups -OCH3 is 2. The summed E-state index contributed by atoms with van der Waals surface area (Å²) in [5.41, 5.74) is 7.26. The topological polar surface area (TPSA) is 69.3 Å². The SMILES string of the molecule is COCCN(CCOC)C1=Nc2ccc(N)cc2OC1C. The van der Waals surface area contributed by atoms with E-state index in [-0.39, 0.29) is 6.10 Å². The Morgan fingerprint density at radius 3 is 2.52 bits per heavy atom. The highest BCUT2D eigenvalue weighted by atomic mass is 16.5. The maximum Gasteiger partial charge on any atom is 0.153 e. The zero-order valence-corrected chi connectivity index (χ0v) is 12.8. The van der Waals surface area contributed by atoms with Crippen molar-refractivity contribution >= 4 is 17.2 Å². The van der Waals surface area contributed by atoms with Gasteiger partial charge >= 0.3 is 0 Å². The first-order valence-electron chi connectivity index (χ1n) is 7.03. The van der Waals surface area contributed by atoms with Crippen LogP contribution in [0.1, 0.15) is 6.92 Å². The number of amidine groups is 1. The van der Waals surface area contributed by atoms with Crippen LogP contribution in [0.25, 0.3) is 0 Å². The third kappa shape index (κ3) is 3.86. The first kappa shape index (κ1) is 15.6. The summed E-state index contributed by atoms with van der Waals surface area (Å²) in [5, 5.41) is 0. The molecule has 0 aromatic heterocycles. The quantitative estimate of drug-likeness (QED) is 0.808. The molecule has 1 aromatic carbocycles. The normalized spacial score (nSPS) is 16.9. The van der Waals surface area contributed by atoms with E-state index in [4.69, 9.17) is 24.9 Å². The highest BCUT2D eigenvalue weighted by Crippen LogP contribution is 2.34. The lowest BCUT2D eigenvalue weighted by atomic mass is 10.2. The molecule has 116 valence electrons. The van der Waals surface area contributed by atoms with Crippen molar-refractivity contribution < 1.29 is 14.2 Å². The van der Waals surface area contributed by atoms with Crippen LogP contribution in [-0.4, -0.2) is 57.4 Å². The molecule has 6 heteroatoms. The molecule has 1 unspecified atom stereocenters. The van der Waals surface area contributed by atoms with E-state index in [9.17, 15) is 0 Å². The molecule has 0 saturated heterocycles. The van der Waals surface area contributed by atoms with Crippen molar-refractivity contribution in [1.82, 2.24) is 4.90 Å². The molecule has 6 nitrogen and oxygen atoms in total. The molecule has 1 aromatic rings. The van der Waals surface area contributed by atoms with Crippen LogP contribution in [0.2, 0.25) is 0 Å². The number of anilines is 1. The molecule has 0 fully saturated rings. The zero-order valence-electron chi connectivity index (χ0n) is 12.8. The van der Waals surface area contributed by atoms with E-state index < -0.39 is 0 Å². The van der Waals surface area contributed by atoms with Gasteiger partial charge in [-0.2, -0.15) is 0 Å². The van der Waals surface area contributed by atoms with E-state index in [0.717, 1.165) is 30.4 Å². The van der Waals surface area contributed by atoms with Gasteiger partial charge in [0, 0.05) is 39.1 Å². The maximum atomic E-state index is 5.93. The highest BCUT2D eigenvalue weighted by molar-refractivity contribution is 5.91. The van der Waals surface area contributed by atoms with E-state index in [0.29, 0.717) is 18.9 Å². The molecular formula is C15H23N3O3. The van der Waals surface area contributed by atoms with E-state index >= 15 is 0 Å². The number of nitrogen functional groups attached to an aromatic ring is 1. The Kier molecular flexibility index (Phi) is 5.41. The number of benzene rings is 1. The van der Waals surface area contributed by atoms with Crippen molar-refractivity contribution in [3.8, 4) is 5.75 Å². The van der Waals surface area contributed by atoms with Gasteiger partial charge in [-0.05, 0) is 19.1 Å². The molecule has 1 heterocycles. The van der Waals surface area contributed by atoms with Gasteiger partial charge in [0.15, 0.2) is 6.10 Å². The molecule has 0 spiro atoms. The predicted octanol–water partition coefficient (Wildman–Crippen LogP) is 1.67. The molecule has 2 rings (SSSR count). The molecule has 2 N–H and O–H groups in total. The van der Waals surface area contributed by atoms with E-state index in [1.54, 1.807) is 20.3 Å². The van der Waals surface area contributed by atoms with Gasteiger partial charge < -0.3 is 24.8 Å². The summed E-state index contributed by atoms with van der Waals surface area (Å²) in [6.45, 7) is 4.74. The predicted molar refractivity (Wildman–Crippen MR) is 83.4 cm³/mol. The van der Waals surface area contributed by atoms with Crippen LogP contribution in [0.4, 0.5) is 11.4 Å². The Balaban J connectivity index is 2.23. The fourth-order valence-electron chi connectivity index (χ4n) is 2.25. The second kappa shape index (κ2) is 7.28. The average Bonchev–Trinajstić information content (AvgIpc) is 2.47. The largest absolute Gasteiger partial charge is 0.480 e. The Labute approximate surface area is 125 Å². The van der Waals surface area contributed by atoms with Crippen molar-refractivity contribution in [2.24, 2.45) is 4.99 Å². The summed E-state index contributed by atoms with van der Waals surface area (Å²) in [7, 11) is 3.38. The van der Waals surface area contributed by atoms with Gasteiger partial charge in [0.25, 0.3) is 0 Å². The average molecular weight is 293 g/mol. The Bertz CT molecular complexity index is 497. The fraction of sp³-hybridized carbons (Fsp3) is 0.533. The summed E-state index contributed by atoms with van der Waals surface area (Å²) in [4.78, 5) is 6.86. The number of aliphatic imine (C=N–C) groups is 1. The van der Waals surface area contributed by atoms with Crippen molar-refractivity contribution in [1.29, 1.82) is 0 Å². The smallest absolute Gasteiger partial charge is 0.153 e. The van der Waals surface area contributed by atoms with Gasteiger partial charge in [-0.1, -0.05) is 0 Å². The summed E-state index contributed by atoms with van der Waals surface area (Å²) < 4.78 is 16.3. The van der Waals surface area contributed by atoms with E-state index in [1.165, 1.54) is 0 Å². The number of hydrogen-bond acceptors (Lipinski definition) is 6.